The first-order valence-electron chi connectivity index (χ1n) is 10.1. The lowest BCUT2D eigenvalue weighted by atomic mass is 9.85. The molecule has 0 aliphatic carbocycles. The summed E-state index contributed by atoms with van der Waals surface area (Å²) in [4.78, 5) is 28.4. The number of nitrogens with zero attached hydrogens (tertiary/aromatic N) is 1. The van der Waals surface area contributed by atoms with Crippen LogP contribution in [0.25, 0.3) is 21.3 Å². The highest BCUT2D eigenvalue weighted by Crippen LogP contribution is 2.41. The van der Waals surface area contributed by atoms with Gasteiger partial charge in [0.05, 0.1) is 21.1 Å². The van der Waals surface area contributed by atoms with Crippen LogP contribution in [-0.4, -0.2) is 29.4 Å². The third kappa shape index (κ3) is 3.04. The maximum absolute atomic E-state index is 12.3. The molecule has 154 valence electrons. The normalized spacial score (nSPS) is 20.7. The Bertz CT molecular complexity index is 1180. The van der Waals surface area contributed by atoms with Gasteiger partial charge in [0.25, 0.3) is 0 Å². The van der Waals surface area contributed by atoms with E-state index in [9.17, 15) is 9.59 Å². The summed E-state index contributed by atoms with van der Waals surface area (Å²) >= 11 is 1.55. The molecule has 2 N–H and O–H groups in total. The molecule has 6 nitrogen and oxygen atoms in total. The van der Waals surface area contributed by atoms with Crippen molar-refractivity contribution in [1.29, 1.82) is 0 Å². The fourth-order valence-corrected chi connectivity index (χ4v) is 4.95. The second-order valence-electron chi connectivity index (χ2n) is 8.61. The van der Waals surface area contributed by atoms with E-state index >= 15 is 0 Å². The molecule has 2 atom stereocenters. The molecule has 2 amide bonds. The number of carbonyl (C=O) groups is 2. The number of nitrogens with one attached hydrogen (secondary N) is 2. The van der Waals surface area contributed by atoms with Gasteiger partial charge in [0.2, 0.25) is 11.8 Å². The van der Waals surface area contributed by atoms with E-state index in [4.69, 9.17) is 4.74 Å². The van der Waals surface area contributed by atoms with Crippen molar-refractivity contribution in [2.45, 2.75) is 38.7 Å². The van der Waals surface area contributed by atoms with Gasteiger partial charge in [0.1, 0.15) is 11.9 Å². The van der Waals surface area contributed by atoms with Crippen LogP contribution in [0.4, 0.5) is 5.69 Å². The molecule has 0 saturated carbocycles. The molecule has 5 rings (SSSR count). The Kier molecular flexibility index (Phi) is 4.32. The number of benzene rings is 2. The van der Waals surface area contributed by atoms with Crippen molar-refractivity contribution in [1.82, 2.24) is 10.3 Å². The third-order valence-corrected chi connectivity index (χ3v) is 7.08. The van der Waals surface area contributed by atoms with Crippen molar-refractivity contribution < 1.29 is 14.3 Å². The topological polar surface area (TPSA) is 80.3 Å². The van der Waals surface area contributed by atoms with Gasteiger partial charge in [-0.05, 0) is 55.7 Å². The molecule has 1 aromatic heterocycles. The van der Waals surface area contributed by atoms with Crippen molar-refractivity contribution in [3.05, 3.63) is 41.4 Å². The van der Waals surface area contributed by atoms with Crippen molar-refractivity contribution in [3.8, 4) is 16.9 Å². The Hall–Kier alpha value is -2.93. The average Bonchev–Trinajstić information content (AvgIpc) is 3.40. The average molecular weight is 422 g/mol. The summed E-state index contributed by atoms with van der Waals surface area (Å²) in [6, 6.07) is 10.2. The van der Waals surface area contributed by atoms with Crippen LogP contribution < -0.4 is 15.4 Å². The molecule has 30 heavy (non-hydrogen) atoms. The highest BCUT2D eigenvalue weighted by molar-refractivity contribution is 7.17. The molecule has 1 saturated heterocycles. The molecule has 0 unspecified atom stereocenters. The first-order valence-corrected chi connectivity index (χ1v) is 11.0. The standard InChI is InChI=1S/C23H23N3O3S/c1-12(15-9-20(27)24-10-15)29-19-8-14(7-18-21(19)30-11-25-18)13-4-5-16-17(6-13)26-22(28)23(16,2)3/h4-8,11-12,15H,9-10H2,1-3H3,(H,24,27)(H,26,28)/t12-,15-/m1/s1. The quantitative estimate of drug-likeness (QED) is 0.665. The van der Waals surface area contributed by atoms with Crippen LogP contribution >= 0.6 is 11.3 Å². The maximum atomic E-state index is 12.3. The minimum Gasteiger partial charge on any atom is -0.489 e. The number of rotatable bonds is 4. The molecule has 7 heteroatoms. The Morgan fingerprint density at radius 3 is 2.80 bits per heavy atom. The third-order valence-electron chi connectivity index (χ3n) is 6.23. The minimum absolute atomic E-state index is 0.0159. The van der Waals surface area contributed by atoms with Gasteiger partial charge < -0.3 is 15.4 Å². The number of hydrogen-bond acceptors (Lipinski definition) is 5. The Morgan fingerprint density at radius 2 is 2.03 bits per heavy atom. The number of ether oxygens (including phenoxy) is 1. The number of thiazole rings is 1. The van der Waals surface area contributed by atoms with Crippen LogP contribution in [0.5, 0.6) is 5.75 Å². The highest BCUT2D eigenvalue weighted by atomic mass is 32.1. The van der Waals surface area contributed by atoms with Crippen molar-refractivity contribution in [2.24, 2.45) is 5.92 Å². The maximum Gasteiger partial charge on any atom is 0.234 e. The largest absolute Gasteiger partial charge is 0.489 e. The summed E-state index contributed by atoms with van der Waals surface area (Å²) in [5.74, 6) is 1.03. The van der Waals surface area contributed by atoms with Gasteiger partial charge in [-0.25, -0.2) is 4.98 Å². The molecule has 0 radical (unpaired) electrons. The van der Waals surface area contributed by atoms with Gasteiger partial charge in [0.15, 0.2) is 0 Å². The fourth-order valence-electron chi connectivity index (χ4n) is 4.22. The fraction of sp³-hybridized carbons (Fsp3) is 0.348. The zero-order valence-corrected chi connectivity index (χ0v) is 17.9. The lowest BCUT2D eigenvalue weighted by Crippen LogP contribution is -2.26. The molecule has 2 aliphatic rings. The lowest BCUT2D eigenvalue weighted by Gasteiger charge is -2.20. The minimum atomic E-state index is -0.525. The molecule has 2 aliphatic heterocycles. The Balaban J connectivity index is 1.51. The lowest BCUT2D eigenvalue weighted by molar-refractivity contribution is -0.120. The summed E-state index contributed by atoms with van der Waals surface area (Å²) in [6.45, 7) is 6.53. The first-order chi connectivity index (χ1) is 14.3. The molecule has 2 aromatic carbocycles. The van der Waals surface area contributed by atoms with E-state index in [2.05, 4.69) is 15.6 Å². The molecule has 1 fully saturated rings. The van der Waals surface area contributed by atoms with Gasteiger partial charge >= 0.3 is 0 Å². The van der Waals surface area contributed by atoms with E-state index in [0.717, 1.165) is 38.3 Å². The van der Waals surface area contributed by atoms with Gasteiger partial charge in [-0.2, -0.15) is 0 Å². The number of carbonyl (C=O) groups excluding carboxylic acids is 2. The molecule has 3 heterocycles. The van der Waals surface area contributed by atoms with Crippen LogP contribution in [0, 0.1) is 5.92 Å². The highest BCUT2D eigenvalue weighted by Gasteiger charge is 2.38. The molecule has 0 spiro atoms. The number of aromatic nitrogens is 1. The summed E-state index contributed by atoms with van der Waals surface area (Å²) in [5, 5.41) is 5.87. The monoisotopic (exact) mass is 421 g/mol. The van der Waals surface area contributed by atoms with E-state index in [1.165, 1.54) is 0 Å². The number of anilines is 1. The SMILES string of the molecule is C[C@@H](Oc1cc(-c2ccc3c(c2)NC(=O)C3(C)C)cc2ncsc12)[C@H]1CNC(=O)C1. The van der Waals surface area contributed by atoms with E-state index in [1.54, 1.807) is 11.3 Å². The van der Waals surface area contributed by atoms with E-state index in [1.807, 2.05) is 56.6 Å². The molecular weight excluding hydrogens is 398 g/mol. The van der Waals surface area contributed by atoms with Gasteiger partial charge in [-0.1, -0.05) is 12.1 Å². The van der Waals surface area contributed by atoms with Crippen molar-refractivity contribution in [2.75, 3.05) is 11.9 Å². The predicted molar refractivity (Wildman–Crippen MR) is 118 cm³/mol. The van der Waals surface area contributed by atoms with Crippen LogP contribution in [-0.2, 0) is 15.0 Å². The molecular formula is C23H23N3O3S. The Labute approximate surface area is 178 Å². The predicted octanol–water partition coefficient (Wildman–Crippen LogP) is 4.10. The zero-order chi connectivity index (χ0) is 21.0. The zero-order valence-electron chi connectivity index (χ0n) is 17.1. The second kappa shape index (κ2) is 6.80. The van der Waals surface area contributed by atoms with Gasteiger partial charge in [-0.15, -0.1) is 11.3 Å². The van der Waals surface area contributed by atoms with Gasteiger partial charge in [-0.3, -0.25) is 9.59 Å². The Morgan fingerprint density at radius 1 is 1.20 bits per heavy atom. The van der Waals surface area contributed by atoms with E-state index in [0.29, 0.717) is 13.0 Å². The number of fused-ring (bicyclic) bond motifs is 2. The number of hydrogen-bond donors (Lipinski definition) is 2. The smallest absolute Gasteiger partial charge is 0.234 e. The molecule has 3 aromatic rings. The van der Waals surface area contributed by atoms with Crippen LogP contribution in [0.2, 0.25) is 0 Å². The van der Waals surface area contributed by atoms with E-state index < -0.39 is 5.41 Å². The van der Waals surface area contributed by atoms with Crippen LogP contribution in [0.15, 0.2) is 35.8 Å². The van der Waals surface area contributed by atoms with Crippen molar-refractivity contribution in [3.63, 3.8) is 0 Å². The molecule has 0 bridgehead atoms. The summed E-state index contributed by atoms with van der Waals surface area (Å²) in [5.41, 5.74) is 6.02. The summed E-state index contributed by atoms with van der Waals surface area (Å²) < 4.78 is 7.33. The van der Waals surface area contributed by atoms with Crippen molar-refractivity contribution >= 4 is 39.1 Å². The van der Waals surface area contributed by atoms with Crippen LogP contribution in [0.3, 0.4) is 0 Å². The number of amides is 2. The first kappa shape index (κ1) is 19.1. The van der Waals surface area contributed by atoms with E-state index in [-0.39, 0.29) is 23.8 Å². The van der Waals surface area contributed by atoms with Crippen LogP contribution in [0.1, 0.15) is 32.8 Å². The summed E-state index contributed by atoms with van der Waals surface area (Å²) in [7, 11) is 0. The second-order valence-corrected chi connectivity index (χ2v) is 9.46. The summed E-state index contributed by atoms with van der Waals surface area (Å²) in [6.07, 6.45) is 0.400. The van der Waals surface area contributed by atoms with Gasteiger partial charge in [0, 0.05) is 24.6 Å².